The minimum absolute atomic E-state index is 0.0978. The fourth-order valence-corrected chi connectivity index (χ4v) is 2.73. The molecule has 7 heteroatoms. The van der Waals surface area contributed by atoms with Crippen LogP contribution in [0.3, 0.4) is 0 Å². The topological polar surface area (TPSA) is 88.8 Å². The molecular weight excluding hydrogens is 332 g/mol. The summed E-state index contributed by atoms with van der Waals surface area (Å²) in [5, 5.41) is 17.5. The molecule has 1 atom stereocenters. The summed E-state index contributed by atoms with van der Waals surface area (Å²) in [6.45, 7) is 7.29. The number of nitrogens with zero attached hydrogens (tertiary/aromatic N) is 2. The van der Waals surface area contributed by atoms with E-state index >= 15 is 0 Å². The van der Waals surface area contributed by atoms with Gasteiger partial charge in [-0.1, -0.05) is 26.0 Å². The van der Waals surface area contributed by atoms with E-state index in [1.807, 2.05) is 0 Å². The van der Waals surface area contributed by atoms with Gasteiger partial charge in [-0.15, -0.1) is 0 Å². The molecule has 0 amide bonds. The normalized spacial score (nSPS) is 18.0. The summed E-state index contributed by atoms with van der Waals surface area (Å²) < 4.78 is 5.76. The Morgan fingerprint density at radius 1 is 1.31 bits per heavy atom. The predicted octanol–water partition coefficient (Wildman–Crippen LogP) is 3.25. The van der Waals surface area contributed by atoms with Gasteiger partial charge < -0.3 is 15.4 Å². The lowest BCUT2D eigenvalue weighted by molar-refractivity contribution is -0.384. The third kappa shape index (κ3) is 7.39. The fraction of sp³-hybridized carbons (Fsp3) is 0.632. The molecule has 0 saturated carbocycles. The molecule has 1 aromatic rings. The molecule has 1 unspecified atom stereocenters. The van der Waals surface area contributed by atoms with Crippen LogP contribution >= 0.6 is 0 Å². The molecule has 26 heavy (non-hydrogen) atoms. The molecule has 0 aromatic heterocycles. The Balaban J connectivity index is 1.91. The van der Waals surface area contributed by atoms with Crippen LogP contribution in [0.15, 0.2) is 29.3 Å². The highest BCUT2D eigenvalue weighted by atomic mass is 16.6. The van der Waals surface area contributed by atoms with Gasteiger partial charge in [-0.3, -0.25) is 10.1 Å². The van der Waals surface area contributed by atoms with Crippen LogP contribution in [0.25, 0.3) is 0 Å². The van der Waals surface area contributed by atoms with E-state index in [9.17, 15) is 10.1 Å². The lowest BCUT2D eigenvalue weighted by Gasteiger charge is -2.24. The largest absolute Gasteiger partial charge is 0.376 e. The Kier molecular flexibility index (Phi) is 8.34. The van der Waals surface area contributed by atoms with E-state index in [4.69, 9.17) is 4.74 Å². The van der Waals surface area contributed by atoms with Gasteiger partial charge in [0.15, 0.2) is 5.96 Å². The Morgan fingerprint density at radius 3 is 2.69 bits per heavy atom. The maximum absolute atomic E-state index is 10.7. The van der Waals surface area contributed by atoms with Crippen LogP contribution in [-0.4, -0.2) is 36.7 Å². The van der Waals surface area contributed by atoms with Gasteiger partial charge in [0.25, 0.3) is 5.69 Å². The summed E-state index contributed by atoms with van der Waals surface area (Å²) in [6, 6.07) is 6.52. The number of aliphatic imine (C=N–C) groups is 1. The highest BCUT2D eigenvalue weighted by Gasteiger charge is 2.14. The average molecular weight is 362 g/mol. The first-order valence-electron chi connectivity index (χ1n) is 9.41. The zero-order valence-electron chi connectivity index (χ0n) is 15.7. The summed E-state index contributed by atoms with van der Waals surface area (Å²) in [5.41, 5.74) is 1.04. The molecule has 1 aliphatic rings. The van der Waals surface area contributed by atoms with E-state index in [1.54, 1.807) is 12.1 Å². The molecule has 1 aromatic carbocycles. The molecular formula is C19H30N4O3. The van der Waals surface area contributed by atoms with E-state index in [1.165, 1.54) is 18.6 Å². The van der Waals surface area contributed by atoms with Crippen LogP contribution in [0.5, 0.6) is 0 Å². The predicted molar refractivity (Wildman–Crippen MR) is 103 cm³/mol. The van der Waals surface area contributed by atoms with Crippen molar-refractivity contribution in [1.29, 1.82) is 0 Å². The first-order chi connectivity index (χ1) is 12.5. The quantitative estimate of drug-likeness (QED) is 0.321. The van der Waals surface area contributed by atoms with Crippen LogP contribution in [-0.2, 0) is 11.3 Å². The van der Waals surface area contributed by atoms with E-state index in [0.717, 1.165) is 50.5 Å². The fourth-order valence-electron chi connectivity index (χ4n) is 2.73. The Hall–Kier alpha value is -2.15. The first kappa shape index (κ1) is 20.2. The highest BCUT2D eigenvalue weighted by molar-refractivity contribution is 5.79. The third-order valence-corrected chi connectivity index (χ3v) is 4.35. The summed E-state index contributed by atoms with van der Waals surface area (Å²) in [5.74, 6) is 1.39. The van der Waals surface area contributed by atoms with Gasteiger partial charge in [0, 0.05) is 31.8 Å². The minimum atomic E-state index is -0.391. The van der Waals surface area contributed by atoms with Gasteiger partial charge in [0.2, 0.25) is 0 Å². The average Bonchev–Trinajstić information content (AvgIpc) is 2.64. The zero-order chi connectivity index (χ0) is 18.8. The molecule has 2 N–H and O–H groups in total. The molecule has 0 aliphatic carbocycles. The minimum Gasteiger partial charge on any atom is -0.376 e. The summed E-state index contributed by atoms with van der Waals surface area (Å²) in [7, 11) is 0. The summed E-state index contributed by atoms with van der Waals surface area (Å²) >= 11 is 0. The number of guanidine groups is 1. The van der Waals surface area contributed by atoms with Crippen LogP contribution in [0, 0.1) is 16.0 Å². The molecule has 7 nitrogen and oxygen atoms in total. The monoisotopic (exact) mass is 362 g/mol. The van der Waals surface area contributed by atoms with Gasteiger partial charge >= 0.3 is 0 Å². The lowest BCUT2D eigenvalue weighted by Crippen LogP contribution is -2.43. The molecule has 0 bridgehead atoms. The van der Waals surface area contributed by atoms with Crippen molar-refractivity contribution in [3.05, 3.63) is 39.9 Å². The number of hydrogen-bond donors (Lipinski definition) is 2. The number of non-ortho nitro benzene ring substituents is 1. The van der Waals surface area contributed by atoms with Gasteiger partial charge in [-0.05, 0) is 37.2 Å². The number of hydrogen-bond acceptors (Lipinski definition) is 4. The molecule has 1 heterocycles. The summed E-state index contributed by atoms with van der Waals surface area (Å²) in [6.07, 6.45) is 4.74. The molecule has 2 rings (SSSR count). The van der Waals surface area contributed by atoms with E-state index in [-0.39, 0.29) is 11.8 Å². The van der Waals surface area contributed by atoms with Crippen LogP contribution < -0.4 is 10.6 Å². The van der Waals surface area contributed by atoms with Gasteiger partial charge in [0.1, 0.15) is 0 Å². The number of rotatable bonds is 8. The van der Waals surface area contributed by atoms with E-state index in [0.29, 0.717) is 12.5 Å². The van der Waals surface area contributed by atoms with Crippen molar-refractivity contribution in [2.45, 2.75) is 52.2 Å². The molecule has 1 fully saturated rings. The Bertz CT molecular complexity index is 581. The van der Waals surface area contributed by atoms with E-state index < -0.39 is 4.92 Å². The van der Waals surface area contributed by atoms with Crippen molar-refractivity contribution in [1.82, 2.24) is 10.6 Å². The van der Waals surface area contributed by atoms with Gasteiger partial charge in [0.05, 0.1) is 17.6 Å². The number of ether oxygens (including phenoxy) is 1. The molecule has 1 saturated heterocycles. The maximum atomic E-state index is 10.7. The van der Waals surface area contributed by atoms with Crippen molar-refractivity contribution in [2.24, 2.45) is 10.9 Å². The standard InChI is InChI=1S/C19H30N4O3/c1-15(2)10-11-20-19(22-14-18-5-3-4-12-26-18)21-13-16-6-8-17(9-7-16)23(24)25/h6-9,15,18H,3-5,10-14H2,1-2H3,(H2,20,21,22). The third-order valence-electron chi connectivity index (χ3n) is 4.35. The molecule has 0 radical (unpaired) electrons. The van der Waals surface area contributed by atoms with Gasteiger partial charge in [-0.25, -0.2) is 4.99 Å². The van der Waals surface area contributed by atoms with Crippen LogP contribution in [0.1, 0.15) is 45.1 Å². The van der Waals surface area contributed by atoms with Crippen molar-refractivity contribution >= 4 is 11.6 Å². The maximum Gasteiger partial charge on any atom is 0.269 e. The first-order valence-corrected chi connectivity index (χ1v) is 9.41. The highest BCUT2D eigenvalue weighted by Crippen LogP contribution is 2.13. The number of benzene rings is 1. The van der Waals surface area contributed by atoms with Crippen molar-refractivity contribution in [3.8, 4) is 0 Å². The smallest absolute Gasteiger partial charge is 0.269 e. The SMILES string of the molecule is CC(C)CCNC(=NCc1ccc([N+](=O)[O-])cc1)NCC1CCCCO1. The number of nitrogens with one attached hydrogen (secondary N) is 2. The Labute approximate surface area is 155 Å². The van der Waals surface area contributed by atoms with Crippen molar-refractivity contribution in [3.63, 3.8) is 0 Å². The molecule has 1 aliphatic heterocycles. The zero-order valence-corrected chi connectivity index (χ0v) is 15.7. The lowest BCUT2D eigenvalue weighted by atomic mass is 10.1. The molecule has 144 valence electrons. The van der Waals surface area contributed by atoms with Crippen LogP contribution in [0.2, 0.25) is 0 Å². The van der Waals surface area contributed by atoms with Gasteiger partial charge in [-0.2, -0.15) is 0 Å². The molecule has 0 spiro atoms. The van der Waals surface area contributed by atoms with E-state index in [2.05, 4.69) is 29.5 Å². The number of nitro benzene ring substituents is 1. The second-order valence-corrected chi connectivity index (χ2v) is 7.07. The van der Waals surface area contributed by atoms with Crippen molar-refractivity contribution in [2.75, 3.05) is 19.7 Å². The van der Waals surface area contributed by atoms with Crippen molar-refractivity contribution < 1.29 is 9.66 Å². The van der Waals surface area contributed by atoms with Crippen LogP contribution in [0.4, 0.5) is 5.69 Å². The second-order valence-electron chi connectivity index (χ2n) is 7.07. The summed E-state index contributed by atoms with van der Waals surface area (Å²) in [4.78, 5) is 15.0. The second kappa shape index (κ2) is 10.8. The number of nitro groups is 1. The Morgan fingerprint density at radius 2 is 2.08 bits per heavy atom.